The molecule has 0 bridgehead atoms. The third-order valence-corrected chi connectivity index (χ3v) is 1.71. The lowest BCUT2D eigenvalue weighted by molar-refractivity contribution is -0.00598. The van der Waals surface area contributed by atoms with E-state index >= 15 is 0 Å². The van der Waals surface area contributed by atoms with E-state index in [9.17, 15) is 5.11 Å². The molecular weight excluding hydrogens is 132 g/mol. The van der Waals surface area contributed by atoms with Gasteiger partial charge in [0.05, 0.1) is 12.7 Å². The third kappa shape index (κ3) is 2.64. The minimum absolute atomic E-state index is 0.0371. The van der Waals surface area contributed by atoms with Crippen molar-refractivity contribution < 1.29 is 15.3 Å². The highest BCUT2D eigenvalue weighted by molar-refractivity contribution is 4.76. The summed E-state index contributed by atoms with van der Waals surface area (Å²) in [7, 11) is 0. The van der Waals surface area contributed by atoms with Gasteiger partial charge in [0, 0.05) is 12.0 Å². The average molecular weight is 148 g/mol. The molecule has 3 N–H and O–H groups in total. The topological polar surface area (TPSA) is 60.7 Å². The summed E-state index contributed by atoms with van der Waals surface area (Å²) in [5.74, 6) is 0. The molecule has 1 atom stereocenters. The van der Waals surface area contributed by atoms with Gasteiger partial charge in [-0.2, -0.15) is 0 Å². The molecule has 0 aliphatic carbocycles. The second-order valence-electron chi connectivity index (χ2n) is 3.17. The Balaban J connectivity index is 3.78. The molecule has 0 fully saturated rings. The molecule has 0 aliphatic rings. The quantitative estimate of drug-likeness (QED) is 0.515. The van der Waals surface area contributed by atoms with E-state index in [1.807, 2.05) is 0 Å². The van der Waals surface area contributed by atoms with Crippen LogP contribution in [0, 0.1) is 5.41 Å². The van der Waals surface area contributed by atoms with Gasteiger partial charge in [-0.05, 0) is 6.42 Å². The zero-order valence-electron chi connectivity index (χ0n) is 6.54. The standard InChI is InChI=1S/C7H16O3/c1-7(2,5-9)6(10)3-4-8/h6,8-10H,3-5H2,1-2H3. The molecule has 0 heterocycles. The molecule has 0 aromatic carbocycles. The summed E-state index contributed by atoms with van der Waals surface area (Å²) in [5, 5.41) is 26.5. The van der Waals surface area contributed by atoms with Gasteiger partial charge in [0.25, 0.3) is 0 Å². The molecule has 10 heavy (non-hydrogen) atoms. The van der Waals surface area contributed by atoms with Crippen LogP contribution >= 0.6 is 0 Å². The van der Waals surface area contributed by atoms with E-state index in [2.05, 4.69) is 0 Å². The highest BCUT2D eigenvalue weighted by Crippen LogP contribution is 2.21. The SMILES string of the molecule is CC(C)(CO)C(O)CCO. The maximum absolute atomic E-state index is 9.26. The van der Waals surface area contributed by atoms with Gasteiger partial charge < -0.3 is 15.3 Å². The van der Waals surface area contributed by atoms with Crippen molar-refractivity contribution in [1.29, 1.82) is 0 Å². The Morgan fingerprint density at radius 1 is 1.30 bits per heavy atom. The summed E-state index contributed by atoms with van der Waals surface area (Å²) < 4.78 is 0. The largest absolute Gasteiger partial charge is 0.396 e. The van der Waals surface area contributed by atoms with Crippen molar-refractivity contribution in [1.82, 2.24) is 0 Å². The second-order valence-corrected chi connectivity index (χ2v) is 3.17. The molecule has 0 saturated heterocycles. The molecule has 0 radical (unpaired) electrons. The van der Waals surface area contributed by atoms with Gasteiger partial charge in [-0.15, -0.1) is 0 Å². The number of hydrogen-bond donors (Lipinski definition) is 3. The highest BCUT2D eigenvalue weighted by atomic mass is 16.3. The predicted molar refractivity (Wildman–Crippen MR) is 38.6 cm³/mol. The Bertz CT molecular complexity index is 90.9. The normalized spacial score (nSPS) is 15.3. The lowest BCUT2D eigenvalue weighted by atomic mass is 9.86. The van der Waals surface area contributed by atoms with E-state index in [1.165, 1.54) is 0 Å². The first-order valence-electron chi connectivity index (χ1n) is 3.44. The van der Waals surface area contributed by atoms with Gasteiger partial charge >= 0.3 is 0 Å². The number of aliphatic hydroxyl groups is 3. The summed E-state index contributed by atoms with van der Waals surface area (Å²) in [6.07, 6.45) is -0.296. The van der Waals surface area contributed by atoms with Crippen molar-refractivity contribution in [2.24, 2.45) is 5.41 Å². The van der Waals surface area contributed by atoms with E-state index in [1.54, 1.807) is 13.8 Å². The molecule has 0 rings (SSSR count). The molecule has 0 aromatic heterocycles. The Hall–Kier alpha value is -0.120. The first-order valence-corrected chi connectivity index (χ1v) is 3.44. The molecule has 0 amide bonds. The van der Waals surface area contributed by atoms with Gasteiger partial charge in [0.2, 0.25) is 0 Å². The van der Waals surface area contributed by atoms with Crippen LogP contribution in [0.25, 0.3) is 0 Å². The molecule has 0 aromatic rings. The van der Waals surface area contributed by atoms with Crippen LogP contribution in [0.1, 0.15) is 20.3 Å². The van der Waals surface area contributed by atoms with Gasteiger partial charge in [-0.3, -0.25) is 0 Å². The van der Waals surface area contributed by atoms with E-state index in [4.69, 9.17) is 10.2 Å². The lowest BCUT2D eigenvalue weighted by Crippen LogP contribution is -2.33. The molecule has 1 unspecified atom stereocenters. The van der Waals surface area contributed by atoms with Gasteiger partial charge in [0.15, 0.2) is 0 Å². The van der Waals surface area contributed by atoms with Crippen molar-refractivity contribution in [2.45, 2.75) is 26.4 Å². The maximum atomic E-state index is 9.26. The van der Waals surface area contributed by atoms with Crippen molar-refractivity contribution in [3.63, 3.8) is 0 Å². The van der Waals surface area contributed by atoms with Crippen LogP contribution in [0.3, 0.4) is 0 Å². The lowest BCUT2D eigenvalue weighted by Gasteiger charge is -2.27. The molecular formula is C7H16O3. The Labute approximate surface area is 61.3 Å². The van der Waals surface area contributed by atoms with Gasteiger partial charge in [0.1, 0.15) is 0 Å². The Kier molecular flexibility index (Phi) is 3.86. The van der Waals surface area contributed by atoms with Crippen molar-refractivity contribution in [2.75, 3.05) is 13.2 Å². The van der Waals surface area contributed by atoms with E-state index in [0.29, 0.717) is 6.42 Å². The van der Waals surface area contributed by atoms with Crippen LogP contribution in [0.5, 0.6) is 0 Å². The fourth-order valence-corrected chi connectivity index (χ4v) is 0.618. The fraction of sp³-hybridized carbons (Fsp3) is 1.00. The van der Waals surface area contributed by atoms with E-state index in [0.717, 1.165) is 0 Å². The minimum atomic E-state index is -0.623. The molecule has 3 heteroatoms. The number of aliphatic hydroxyl groups excluding tert-OH is 3. The monoisotopic (exact) mass is 148 g/mol. The minimum Gasteiger partial charge on any atom is -0.396 e. The van der Waals surface area contributed by atoms with Gasteiger partial charge in [-0.25, -0.2) is 0 Å². The van der Waals surface area contributed by atoms with Crippen LogP contribution in [0.4, 0.5) is 0 Å². The highest BCUT2D eigenvalue weighted by Gasteiger charge is 2.25. The molecule has 62 valence electrons. The fourth-order valence-electron chi connectivity index (χ4n) is 0.618. The van der Waals surface area contributed by atoms with E-state index < -0.39 is 11.5 Å². The zero-order chi connectivity index (χ0) is 8.20. The van der Waals surface area contributed by atoms with Crippen LogP contribution in [-0.2, 0) is 0 Å². The Morgan fingerprint density at radius 3 is 2.10 bits per heavy atom. The van der Waals surface area contributed by atoms with Gasteiger partial charge in [-0.1, -0.05) is 13.8 Å². The molecule has 0 spiro atoms. The number of hydrogen-bond acceptors (Lipinski definition) is 3. The maximum Gasteiger partial charge on any atom is 0.0634 e. The van der Waals surface area contributed by atoms with Crippen LogP contribution in [-0.4, -0.2) is 34.6 Å². The summed E-state index contributed by atoms with van der Waals surface area (Å²) >= 11 is 0. The summed E-state index contributed by atoms with van der Waals surface area (Å²) in [6, 6.07) is 0. The van der Waals surface area contributed by atoms with Crippen molar-refractivity contribution >= 4 is 0 Å². The summed E-state index contributed by atoms with van der Waals surface area (Å²) in [4.78, 5) is 0. The Morgan fingerprint density at radius 2 is 1.80 bits per heavy atom. The van der Waals surface area contributed by atoms with E-state index in [-0.39, 0.29) is 13.2 Å². The molecule has 3 nitrogen and oxygen atoms in total. The predicted octanol–water partition coefficient (Wildman–Crippen LogP) is -0.252. The van der Waals surface area contributed by atoms with Crippen LogP contribution < -0.4 is 0 Å². The molecule has 0 saturated carbocycles. The van der Waals surface area contributed by atoms with Crippen molar-refractivity contribution in [3.8, 4) is 0 Å². The first kappa shape index (κ1) is 9.88. The summed E-state index contributed by atoms with van der Waals surface area (Å²) in [6.45, 7) is 3.42. The zero-order valence-corrected chi connectivity index (χ0v) is 6.54. The molecule has 0 aliphatic heterocycles. The average Bonchev–Trinajstić information content (AvgIpc) is 1.89. The number of rotatable bonds is 4. The first-order chi connectivity index (χ1) is 4.54. The van der Waals surface area contributed by atoms with Crippen molar-refractivity contribution in [3.05, 3.63) is 0 Å². The third-order valence-electron chi connectivity index (χ3n) is 1.71. The van der Waals surface area contributed by atoms with Crippen LogP contribution in [0.15, 0.2) is 0 Å². The van der Waals surface area contributed by atoms with Crippen LogP contribution in [0.2, 0.25) is 0 Å². The summed E-state index contributed by atoms with van der Waals surface area (Å²) in [5.41, 5.74) is -0.497. The smallest absolute Gasteiger partial charge is 0.0634 e. The second kappa shape index (κ2) is 3.91.